The minimum Gasteiger partial charge on any atom is -0.428 e. The summed E-state index contributed by atoms with van der Waals surface area (Å²) in [6.45, 7) is 0. The average molecular weight is 418 g/mol. The van der Waals surface area contributed by atoms with Crippen LogP contribution in [0.4, 0.5) is 23.2 Å². The Kier molecular flexibility index (Phi) is 4.95. The SMILES string of the molecule is CN1c2cccc(Br)c2CC[C@H]1c1cccc(OC(F)(F)C(F)F)c1. The third-order valence-electron chi connectivity index (χ3n) is 4.36. The number of ether oxygens (including phenoxy) is 1. The van der Waals surface area contributed by atoms with Crippen LogP contribution < -0.4 is 9.64 Å². The summed E-state index contributed by atoms with van der Waals surface area (Å²) in [6.07, 6.45) is -6.78. The molecule has 0 saturated heterocycles. The van der Waals surface area contributed by atoms with Crippen molar-refractivity contribution in [2.75, 3.05) is 11.9 Å². The number of halogens is 5. The minimum absolute atomic E-state index is 0.0504. The standard InChI is InChI=1S/C18H16BrF4NO/c1-24-15(9-8-13-14(19)6-3-7-16(13)24)11-4-2-5-12(10-11)25-18(22,23)17(20)21/h2-7,10,15,17H,8-9H2,1H3/t15-/m0/s1. The molecule has 0 bridgehead atoms. The molecule has 25 heavy (non-hydrogen) atoms. The van der Waals surface area contributed by atoms with Crippen LogP contribution in [0.1, 0.15) is 23.6 Å². The van der Waals surface area contributed by atoms with E-state index >= 15 is 0 Å². The fourth-order valence-electron chi connectivity index (χ4n) is 3.15. The molecule has 0 radical (unpaired) electrons. The topological polar surface area (TPSA) is 12.5 Å². The van der Waals surface area contributed by atoms with Gasteiger partial charge in [-0.05, 0) is 48.2 Å². The fourth-order valence-corrected chi connectivity index (χ4v) is 3.70. The summed E-state index contributed by atoms with van der Waals surface area (Å²) in [5.41, 5.74) is 2.99. The average Bonchev–Trinajstić information content (AvgIpc) is 2.56. The maximum Gasteiger partial charge on any atom is 0.461 e. The van der Waals surface area contributed by atoms with E-state index in [1.165, 1.54) is 23.8 Å². The first-order valence-corrected chi connectivity index (χ1v) is 8.54. The van der Waals surface area contributed by atoms with Crippen molar-refractivity contribution in [1.82, 2.24) is 0 Å². The molecule has 0 N–H and O–H groups in total. The normalized spacial score (nSPS) is 17.6. The fraction of sp³-hybridized carbons (Fsp3) is 0.333. The monoisotopic (exact) mass is 417 g/mol. The van der Waals surface area contributed by atoms with E-state index in [0.29, 0.717) is 0 Å². The quantitative estimate of drug-likeness (QED) is 0.582. The van der Waals surface area contributed by atoms with Crippen molar-refractivity contribution < 1.29 is 22.3 Å². The zero-order chi connectivity index (χ0) is 18.2. The van der Waals surface area contributed by atoms with Crippen LogP contribution in [0.15, 0.2) is 46.9 Å². The highest BCUT2D eigenvalue weighted by Gasteiger charge is 2.44. The molecule has 1 heterocycles. The molecule has 0 saturated carbocycles. The smallest absolute Gasteiger partial charge is 0.428 e. The van der Waals surface area contributed by atoms with Crippen molar-refractivity contribution >= 4 is 21.6 Å². The molecule has 0 spiro atoms. The van der Waals surface area contributed by atoms with E-state index in [1.807, 2.05) is 25.2 Å². The van der Waals surface area contributed by atoms with Gasteiger partial charge >= 0.3 is 12.5 Å². The van der Waals surface area contributed by atoms with Crippen molar-refractivity contribution in [3.63, 3.8) is 0 Å². The van der Waals surface area contributed by atoms with Gasteiger partial charge in [0.1, 0.15) is 5.75 Å². The van der Waals surface area contributed by atoms with E-state index in [-0.39, 0.29) is 11.8 Å². The molecule has 0 unspecified atom stereocenters. The Morgan fingerprint density at radius 3 is 2.64 bits per heavy atom. The van der Waals surface area contributed by atoms with Gasteiger partial charge in [0.05, 0.1) is 6.04 Å². The van der Waals surface area contributed by atoms with Gasteiger partial charge in [-0.25, -0.2) is 0 Å². The van der Waals surface area contributed by atoms with Crippen LogP contribution in [-0.2, 0) is 6.42 Å². The highest BCUT2D eigenvalue weighted by atomic mass is 79.9. The number of alkyl halides is 4. The maximum absolute atomic E-state index is 13.1. The van der Waals surface area contributed by atoms with Gasteiger partial charge in [0.25, 0.3) is 0 Å². The molecular formula is C18H16BrF4NO. The van der Waals surface area contributed by atoms with Crippen LogP contribution in [0.2, 0.25) is 0 Å². The summed E-state index contributed by atoms with van der Waals surface area (Å²) in [6, 6.07) is 11.8. The predicted molar refractivity (Wildman–Crippen MR) is 91.6 cm³/mol. The third-order valence-corrected chi connectivity index (χ3v) is 5.10. The number of anilines is 1. The molecule has 1 atom stereocenters. The van der Waals surface area contributed by atoms with Gasteiger partial charge in [-0.1, -0.05) is 34.1 Å². The molecule has 3 rings (SSSR count). The zero-order valence-corrected chi connectivity index (χ0v) is 14.9. The summed E-state index contributed by atoms with van der Waals surface area (Å²) in [4.78, 5) is 2.06. The second kappa shape index (κ2) is 6.86. The lowest BCUT2D eigenvalue weighted by Gasteiger charge is -2.37. The molecule has 2 aromatic carbocycles. The molecular weight excluding hydrogens is 402 g/mol. The summed E-state index contributed by atoms with van der Waals surface area (Å²) in [5.74, 6) is -0.267. The Labute approximate surface area is 151 Å². The molecule has 0 fully saturated rings. The Morgan fingerprint density at radius 1 is 1.20 bits per heavy atom. The third kappa shape index (κ3) is 3.61. The first kappa shape index (κ1) is 18.0. The summed E-state index contributed by atoms with van der Waals surface area (Å²) in [5, 5.41) is 0. The Bertz CT molecular complexity index is 768. The van der Waals surface area contributed by atoms with Crippen LogP contribution in [-0.4, -0.2) is 19.6 Å². The maximum atomic E-state index is 13.1. The Morgan fingerprint density at radius 2 is 1.92 bits per heavy atom. The van der Waals surface area contributed by atoms with E-state index in [2.05, 4.69) is 25.6 Å². The lowest BCUT2D eigenvalue weighted by molar-refractivity contribution is -0.253. The Hall–Kier alpha value is -1.76. The van der Waals surface area contributed by atoms with Gasteiger partial charge < -0.3 is 9.64 Å². The van der Waals surface area contributed by atoms with Gasteiger partial charge in [-0.3, -0.25) is 0 Å². The molecule has 1 aliphatic heterocycles. The van der Waals surface area contributed by atoms with E-state index in [1.54, 1.807) is 6.07 Å². The van der Waals surface area contributed by atoms with Crippen LogP contribution in [0, 0.1) is 0 Å². The largest absolute Gasteiger partial charge is 0.461 e. The summed E-state index contributed by atoms with van der Waals surface area (Å²) < 4.78 is 56.2. The van der Waals surface area contributed by atoms with Gasteiger partial charge in [0.2, 0.25) is 0 Å². The second-order valence-corrected chi connectivity index (χ2v) is 6.79. The van der Waals surface area contributed by atoms with Crippen LogP contribution in [0.5, 0.6) is 5.75 Å². The molecule has 1 aliphatic rings. The molecule has 134 valence electrons. The van der Waals surface area contributed by atoms with E-state index in [9.17, 15) is 17.6 Å². The second-order valence-electron chi connectivity index (χ2n) is 5.94. The Balaban J connectivity index is 1.87. The minimum atomic E-state index is -4.51. The van der Waals surface area contributed by atoms with Crippen molar-refractivity contribution in [2.45, 2.75) is 31.4 Å². The molecule has 0 amide bonds. The number of rotatable bonds is 4. The number of hydrogen-bond donors (Lipinski definition) is 0. The summed E-state index contributed by atoms with van der Waals surface area (Å²) in [7, 11) is 1.93. The number of benzene rings is 2. The van der Waals surface area contributed by atoms with Crippen LogP contribution in [0.25, 0.3) is 0 Å². The van der Waals surface area contributed by atoms with Gasteiger partial charge in [-0.15, -0.1) is 0 Å². The van der Waals surface area contributed by atoms with Crippen molar-refractivity contribution in [3.05, 3.63) is 58.1 Å². The van der Waals surface area contributed by atoms with Crippen LogP contribution >= 0.6 is 15.9 Å². The van der Waals surface area contributed by atoms with E-state index < -0.39 is 12.5 Å². The lowest BCUT2D eigenvalue weighted by atomic mass is 9.92. The molecule has 0 aliphatic carbocycles. The van der Waals surface area contributed by atoms with Crippen LogP contribution in [0.3, 0.4) is 0 Å². The van der Waals surface area contributed by atoms with Crippen molar-refractivity contribution in [1.29, 1.82) is 0 Å². The highest BCUT2D eigenvalue weighted by Crippen LogP contribution is 2.41. The molecule has 2 aromatic rings. The molecule has 7 heteroatoms. The van der Waals surface area contributed by atoms with Crippen molar-refractivity contribution in [3.8, 4) is 5.75 Å². The first-order chi connectivity index (χ1) is 11.8. The zero-order valence-electron chi connectivity index (χ0n) is 13.4. The number of hydrogen-bond acceptors (Lipinski definition) is 2. The number of fused-ring (bicyclic) bond motifs is 1. The first-order valence-electron chi connectivity index (χ1n) is 7.75. The van der Waals surface area contributed by atoms with Gasteiger partial charge in [0, 0.05) is 17.2 Å². The van der Waals surface area contributed by atoms with Gasteiger partial charge in [-0.2, -0.15) is 17.6 Å². The van der Waals surface area contributed by atoms with E-state index in [0.717, 1.165) is 28.6 Å². The van der Waals surface area contributed by atoms with Gasteiger partial charge in [0.15, 0.2) is 0 Å². The van der Waals surface area contributed by atoms with E-state index in [4.69, 9.17) is 0 Å². The molecule has 2 nitrogen and oxygen atoms in total. The molecule has 0 aromatic heterocycles. The predicted octanol–water partition coefficient (Wildman–Crippen LogP) is 5.81. The lowest BCUT2D eigenvalue weighted by Crippen LogP contribution is -2.33. The number of nitrogens with zero attached hydrogens (tertiary/aromatic N) is 1. The van der Waals surface area contributed by atoms with Crippen molar-refractivity contribution in [2.24, 2.45) is 0 Å². The highest BCUT2D eigenvalue weighted by molar-refractivity contribution is 9.10. The summed E-state index contributed by atoms with van der Waals surface area (Å²) >= 11 is 3.54.